The molecule has 0 bridgehead atoms. The zero-order chi connectivity index (χ0) is 10.9. The van der Waals surface area contributed by atoms with Crippen LogP contribution in [0.5, 0.6) is 0 Å². The molecule has 1 nitrogen and oxygen atoms in total. The summed E-state index contributed by atoms with van der Waals surface area (Å²) in [5.41, 5.74) is 0. The van der Waals surface area contributed by atoms with Crippen LogP contribution in [0.2, 0.25) is 0 Å². The molecular formula is C14H29N. The first-order chi connectivity index (χ1) is 7.38. The van der Waals surface area contributed by atoms with Crippen molar-refractivity contribution in [3.63, 3.8) is 0 Å². The molecule has 0 heterocycles. The van der Waals surface area contributed by atoms with Crippen molar-refractivity contribution < 1.29 is 0 Å². The van der Waals surface area contributed by atoms with Gasteiger partial charge in [0.25, 0.3) is 0 Å². The molecule has 1 saturated carbocycles. The van der Waals surface area contributed by atoms with E-state index in [4.69, 9.17) is 0 Å². The van der Waals surface area contributed by atoms with Crippen LogP contribution in [-0.2, 0) is 0 Å². The van der Waals surface area contributed by atoms with Crippen LogP contribution in [0.4, 0.5) is 0 Å². The largest absolute Gasteiger partial charge is 0.314 e. The fourth-order valence-electron chi connectivity index (χ4n) is 2.58. The summed E-state index contributed by atoms with van der Waals surface area (Å²) in [6, 6.07) is 0.838. The summed E-state index contributed by atoms with van der Waals surface area (Å²) in [5, 5.41) is 3.68. The van der Waals surface area contributed by atoms with Gasteiger partial charge in [-0.3, -0.25) is 0 Å². The van der Waals surface area contributed by atoms with Crippen molar-refractivity contribution >= 4 is 0 Å². The molecule has 1 N–H and O–H groups in total. The van der Waals surface area contributed by atoms with Crippen LogP contribution in [0.3, 0.4) is 0 Å². The number of hydrogen-bond donors (Lipinski definition) is 1. The van der Waals surface area contributed by atoms with Gasteiger partial charge in [-0.15, -0.1) is 0 Å². The van der Waals surface area contributed by atoms with Crippen molar-refractivity contribution in [1.82, 2.24) is 5.32 Å². The quantitative estimate of drug-likeness (QED) is 0.566. The number of nitrogens with one attached hydrogen (secondary N) is 1. The summed E-state index contributed by atoms with van der Waals surface area (Å²) < 4.78 is 0. The van der Waals surface area contributed by atoms with Gasteiger partial charge < -0.3 is 5.32 Å². The van der Waals surface area contributed by atoms with Gasteiger partial charge in [0.05, 0.1) is 0 Å². The molecule has 1 unspecified atom stereocenters. The van der Waals surface area contributed by atoms with Gasteiger partial charge in [0, 0.05) is 6.04 Å². The topological polar surface area (TPSA) is 12.0 Å². The highest BCUT2D eigenvalue weighted by molar-refractivity contribution is 4.82. The molecule has 0 aromatic rings. The van der Waals surface area contributed by atoms with Gasteiger partial charge in [0.15, 0.2) is 0 Å². The molecule has 90 valence electrons. The lowest BCUT2D eigenvalue weighted by Gasteiger charge is -2.34. The molecule has 1 aliphatic carbocycles. The van der Waals surface area contributed by atoms with Gasteiger partial charge in [-0.2, -0.15) is 0 Å². The van der Waals surface area contributed by atoms with E-state index in [2.05, 4.69) is 19.2 Å². The molecule has 1 atom stereocenters. The zero-order valence-corrected chi connectivity index (χ0v) is 10.7. The monoisotopic (exact) mass is 211 g/mol. The molecule has 0 saturated heterocycles. The summed E-state index contributed by atoms with van der Waals surface area (Å²) in [6.07, 6.45) is 13.0. The Balaban J connectivity index is 2.03. The number of rotatable bonds is 9. The van der Waals surface area contributed by atoms with Gasteiger partial charge in [0.2, 0.25) is 0 Å². The average Bonchev–Trinajstić information content (AvgIpc) is 2.15. The van der Waals surface area contributed by atoms with Crippen molar-refractivity contribution in [3.05, 3.63) is 0 Å². The lowest BCUT2D eigenvalue weighted by Crippen LogP contribution is -2.39. The normalized spacial score (nSPS) is 18.8. The fraction of sp³-hybridized carbons (Fsp3) is 1.00. The Bertz CT molecular complexity index is 140. The van der Waals surface area contributed by atoms with Crippen LogP contribution in [0.1, 0.15) is 71.6 Å². The number of hydrogen-bond acceptors (Lipinski definition) is 1. The summed E-state index contributed by atoms with van der Waals surface area (Å²) >= 11 is 0. The first-order valence-electron chi connectivity index (χ1n) is 7.11. The molecule has 0 amide bonds. The predicted molar refractivity (Wildman–Crippen MR) is 68.2 cm³/mol. The van der Waals surface area contributed by atoms with Crippen LogP contribution < -0.4 is 5.32 Å². The molecule has 1 fully saturated rings. The Morgan fingerprint density at radius 1 is 1.07 bits per heavy atom. The van der Waals surface area contributed by atoms with Crippen molar-refractivity contribution in [2.24, 2.45) is 5.92 Å². The Kier molecular flexibility index (Phi) is 7.08. The summed E-state index contributed by atoms with van der Waals surface area (Å²) in [7, 11) is 0. The maximum Gasteiger partial charge on any atom is 0.00952 e. The summed E-state index contributed by atoms with van der Waals surface area (Å²) in [5.74, 6) is 1.01. The second kappa shape index (κ2) is 8.15. The zero-order valence-electron chi connectivity index (χ0n) is 10.7. The molecule has 0 radical (unpaired) electrons. The van der Waals surface area contributed by atoms with E-state index in [-0.39, 0.29) is 0 Å². The minimum Gasteiger partial charge on any atom is -0.314 e. The first-order valence-corrected chi connectivity index (χ1v) is 7.11. The van der Waals surface area contributed by atoms with Crippen molar-refractivity contribution in [2.45, 2.75) is 77.7 Å². The van der Waals surface area contributed by atoms with Crippen LogP contribution >= 0.6 is 0 Å². The SMILES string of the molecule is CCCCCCCC(NCC)C1CCC1. The molecule has 1 rings (SSSR count). The van der Waals surface area contributed by atoms with E-state index in [1.807, 2.05) is 0 Å². The molecule has 0 aliphatic heterocycles. The second-order valence-corrected chi connectivity index (χ2v) is 5.06. The predicted octanol–water partition coefficient (Wildman–Crippen LogP) is 4.13. The second-order valence-electron chi connectivity index (χ2n) is 5.06. The minimum absolute atomic E-state index is 0.838. The van der Waals surface area contributed by atoms with E-state index in [0.29, 0.717) is 0 Å². The third-order valence-electron chi connectivity index (χ3n) is 3.80. The molecule has 0 aromatic carbocycles. The summed E-state index contributed by atoms with van der Waals surface area (Å²) in [4.78, 5) is 0. The molecule has 0 spiro atoms. The van der Waals surface area contributed by atoms with Gasteiger partial charge in [0.1, 0.15) is 0 Å². The smallest absolute Gasteiger partial charge is 0.00952 e. The highest BCUT2D eigenvalue weighted by Crippen LogP contribution is 2.31. The van der Waals surface area contributed by atoms with Crippen molar-refractivity contribution in [1.29, 1.82) is 0 Å². The van der Waals surface area contributed by atoms with Crippen LogP contribution in [0.25, 0.3) is 0 Å². The van der Waals surface area contributed by atoms with Crippen LogP contribution in [-0.4, -0.2) is 12.6 Å². The highest BCUT2D eigenvalue weighted by atomic mass is 14.9. The third kappa shape index (κ3) is 5.01. The van der Waals surface area contributed by atoms with E-state index in [9.17, 15) is 0 Å². The molecule has 15 heavy (non-hydrogen) atoms. The van der Waals surface area contributed by atoms with E-state index in [0.717, 1.165) is 18.5 Å². The Morgan fingerprint density at radius 3 is 2.33 bits per heavy atom. The summed E-state index contributed by atoms with van der Waals surface area (Å²) in [6.45, 7) is 5.68. The van der Waals surface area contributed by atoms with E-state index in [1.165, 1.54) is 57.8 Å². The molecule has 1 heteroatoms. The molecular weight excluding hydrogens is 182 g/mol. The lowest BCUT2D eigenvalue weighted by molar-refractivity contribution is 0.218. The Labute approximate surface area is 96.0 Å². The van der Waals surface area contributed by atoms with Gasteiger partial charge in [-0.05, 0) is 31.7 Å². The van der Waals surface area contributed by atoms with Gasteiger partial charge in [-0.25, -0.2) is 0 Å². The third-order valence-corrected chi connectivity index (χ3v) is 3.80. The van der Waals surface area contributed by atoms with Crippen molar-refractivity contribution in [3.8, 4) is 0 Å². The van der Waals surface area contributed by atoms with E-state index in [1.54, 1.807) is 0 Å². The van der Waals surface area contributed by atoms with Crippen LogP contribution in [0, 0.1) is 5.92 Å². The maximum absolute atomic E-state index is 3.68. The average molecular weight is 211 g/mol. The lowest BCUT2D eigenvalue weighted by atomic mass is 9.78. The maximum atomic E-state index is 3.68. The molecule has 0 aromatic heterocycles. The highest BCUT2D eigenvalue weighted by Gasteiger charge is 2.25. The first kappa shape index (κ1) is 13.0. The Morgan fingerprint density at radius 2 is 1.80 bits per heavy atom. The standard InChI is InChI=1S/C14H29N/c1-3-5-6-7-8-12-14(15-4-2)13-10-9-11-13/h13-15H,3-12H2,1-2H3. The van der Waals surface area contributed by atoms with E-state index >= 15 is 0 Å². The Hall–Kier alpha value is -0.0400. The molecule has 1 aliphatic rings. The number of unbranched alkanes of at least 4 members (excludes halogenated alkanes) is 4. The van der Waals surface area contributed by atoms with Crippen LogP contribution in [0.15, 0.2) is 0 Å². The van der Waals surface area contributed by atoms with Crippen molar-refractivity contribution in [2.75, 3.05) is 6.54 Å². The van der Waals surface area contributed by atoms with E-state index < -0.39 is 0 Å². The fourth-order valence-corrected chi connectivity index (χ4v) is 2.58. The minimum atomic E-state index is 0.838. The van der Waals surface area contributed by atoms with Gasteiger partial charge in [-0.1, -0.05) is 52.4 Å². The van der Waals surface area contributed by atoms with Gasteiger partial charge >= 0.3 is 0 Å².